The topological polar surface area (TPSA) is 72.9 Å². The van der Waals surface area contributed by atoms with Gasteiger partial charge in [-0.15, -0.1) is 0 Å². The van der Waals surface area contributed by atoms with E-state index >= 15 is 0 Å². The Hall–Kier alpha value is -0.820. The maximum absolute atomic E-state index is 12.0. The molecule has 1 amide bonds. The highest BCUT2D eigenvalue weighted by Crippen LogP contribution is 2.33. The molecule has 0 aromatic carbocycles. The van der Waals surface area contributed by atoms with Gasteiger partial charge in [-0.2, -0.15) is 12.7 Å². The van der Waals surface area contributed by atoms with Crippen molar-refractivity contribution >= 4 is 16.4 Å². The fraction of sp³-hybridized carbons (Fsp3) is 0.909. The van der Waals surface area contributed by atoms with E-state index in [0.717, 1.165) is 4.31 Å². The normalized spacial score (nSPS) is 27.9. The molecule has 0 bridgehead atoms. The molecule has 1 unspecified atom stereocenters. The third kappa shape index (κ3) is 3.14. The van der Waals surface area contributed by atoms with Gasteiger partial charge in [0, 0.05) is 0 Å². The summed E-state index contributed by atoms with van der Waals surface area (Å²) >= 11 is 0. The lowest BCUT2D eigenvalue weighted by molar-refractivity contribution is 0.00970. The van der Waals surface area contributed by atoms with Crippen LogP contribution in [0.3, 0.4) is 0 Å². The van der Waals surface area contributed by atoms with Crippen molar-refractivity contribution in [1.82, 2.24) is 4.31 Å². The predicted molar refractivity (Wildman–Crippen MR) is 66.3 cm³/mol. The first-order chi connectivity index (χ1) is 8.02. The molecule has 1 rings (SSSR count). The molecule has 106 valence electrons. The first-order valence-corrected chi connectivity index (χ1v) is 7.31. The Balaban J connectivity index is 3.09. The Labute approximate surface area is 109 Å². The second kappa shape index (κ2) is 4.70. The van der Waals surface area contributed by atoms with Crippen molar-refractivity contribution < 1.29 is 22.1 Å². The highest BCUT2D eigenvalue weighted by Gasteiger charge is 2.48. The SMILES string of the molecule is CCC1(C)CCOS(=O)(=O)N1C(=O)OC(C)(C)C. The highest BCUT2D eigenvalue weighted by atomic mass is 32.2. The molecule has 1 atom stereocenters. The highest BCUT2D eigenvalue weighted by molar-refractivity contribution is 7.85. The fourth-order valence-electron chi connectivity index (χ4n) is 1.73. The molecule has 1 saturated heterocycles. The van der Waals surface area contributed by atoms with Crippen molar-refractivity contribution in [2.75, 3.05) is 6.61 Å². The van der Waals surface area contributed by atoms with Crippen LogP contribution in [0, 0.1) is 0 Å². The van der Waals surface area contributed by atoms with E-state index in [0.29, 0.717) is 12.8 Å². The largest absolute Gasteiger partial charge is 0.443 e. The Morgan fingerprint density at radius 3 is 2.44 bits per heavy atom. The van der Waals surface area contributed by atoms with Crippen molar-refractivity contribution in [1.29, 1.82) is 0 Å². The van der Waals surface area contributed by atoms with E-state index in [1.54, 1.807) is 27.7 Å². The molecular formula is C11H21NO5S. The van der Waals surface area contributed by atoms with Crippen molar-refractivity contribution in [3.05, 3.63) is 0 Å². The number of amides is 1. The van der Waals surface area contributed by atoms with Crippen molar-refractivity contribution in [2.45, 2.75) is 58.6 Å². The molecule has 1 aliphatic heterocycles. The first-order valence-electron chi connectivity index (χ1n) is 5.95. The molecule has 0 aliphatic carbocycles. The summed E-state index contributed by atoms with van der Waals surface area (Å²) in [5.41, 5.74) is -1.54. The molecule has 7 heteroatoms. The van der Waals surface area contributed by atoms with E-state index < -0.39 is 27.5 Å². The van der Waals surface area contributed by atoms with E-state index in [9.17, 15) is 13.2 Å². The van der Waals surface area contributed by atoms with Crippen LogP contribution in [-0.4, -0.2) is 36.6 Å². The van der Waals surface area contributed by atoms with E-state index in [1.807, 2.05) is 6.92 Å². The summed E-state index contributed by atoms with van der Waals surface area (Å²) in [5, 5.41) is 0. The number of hydrogen-bond donors (Lipinski definition) is 0. The van der Waals surface area contributed by atoms with Crippen LogP contribution in [0.2, 0.25) is 0 Å². The van der Waals surface area contributed by atoms with Crippen molar-refractivity contribution in [3.8, 4) is 0 Å². The Bertz CT molecular complexity index is 425. The van der Waals surface area contributed by atoms with Gasteiger partial charge in [-0.1, -0.05) is 6.92 Å². The molecule has 0 aromatic rings. The summed E-state index contributed by atoms with van der Waals surface area (Å²) in [5.74, 6) is 0. The van der Waals surface area contributed by atoms with Crippen LogP contribution in [0.25, 0.3) is 0 Å². The molecule has 0 spiro atoms. The van der Waals surface area contributed by atoms with Crippen molar-refractivity contribution in [2.24, 2.45) is 0 Å². The fourth-order valence-corrected chi connectivity index (χ4v) is 3.11. The minimum atomic E-state index is -4.06. The van der Waals surface area contributed by atoms with E-state index in [-0.39, 0.29) is 6.61 Å². The zero-order chi connectivity index (χ0) is 14.2. The smallest absolute Gasteiger partial charge is 0.426 e. The molecule has 1 heterocycles. The van der Waals surface area contributed by atoms with Gasteiger partial charge in [0.05, 0.1) is 12.1 Å². The summed E-state index contributed by atoms with van der Waals surface area (Å²) in [6.45, 7) is 8.70. The minimum absolute atomic E-state index is 0.0893. The third-order valence-corrected chi connectivity index (χ3v) is 4.41. The Kier molecular flexibility index (Phi) is 3.97. The monoisotopic (exact) mass is 279 g/mol. The lowest BCUT2D eigenvalue weighted by atomic mass is 9.95. The van der Waals surface area contributed by atoms with Gasteiger partial charge < -0.3 is 4.74 Å². The molecular weight excluding hydrogens is 258 g/mol. The summed E-state index contributed by atoms with van der Waals surface area (Å²) in [4.78, 5) is 12.0. The van der Waals surface area contributed by atoms with Crippen LogP contribution in [0.1, 0.15) is 47.5 Å². The van der Waals surface area contributed by atoms with Crippen LogP contribution in [0.15, 0.2) is 0 Å². The quantitative estimate of drug-likeness (QED) is 0.734. The number of hydrogen-bond acceptors (Lipinski definition) is 5. The zero-order valence-corrected chi connectivity index (χ0v) is 12.3. The molecule has 0 radical (unpaired) electrons. The van der Waals surface area contributed by atoms with Gasteiger partial charge in [0.2, 0.25) is 0 Å². The molecule has 6 nitrogen and oxygen atoms in total. The predicted octanol–water partition coefficient (Wildman–Crippen LogP) is 2.06. The standard InChI is InChI=1S/C11H21NO5S/c1-6-11(5)7-8-16-18(14,15)12(11)9(13)17-10(2,3)4/h6-8H2,1-5H3. The zero-order valence-electron chi connectivity index (χ0n) is 11.5. The second-order valence-electron chi connectivity index (χ2n) is 5.62. The van der Waals surface area contributed by atoms with E-state index in [4.69, 9.17) is 8.92 Å². The van der Waals surface area contributed by atoms with E-state index in [2.05, 4.69) is 0 Å². The number of carbonyl (C=O) groups excluding carboxylic acids is 1. The lowest BCUT2D eigenvalue weighted by Crippen LogP contribution is -2.57. The number of rotatable bonds is 1. The summed E-state index contributed by atoms with van der Waals surface area (Å²) in [6.07, 6.45) is 0.0862. The van der Waals surface area contributed by atoms with Gasteiger partial charge >= 0.3 is 16.4 Å². The second-order valence-corrected chi connectivity index (χ2v) is 7.08. The molecule has 0 saturated carbocycles. The Morgan fingerprint density at radius 2 is 2.00 bits per heavy atom. The lowest BCUT2D eigenvalue weighted by Gasteiger charge is -2.42. The number of carbonyl (C=O) groups is 1. The van der Waals surface area contributed by atoms with Crippen LogP contribution in [0.5, 0.6) is 0 Å². The number of nitrogens with zero attached hydrogens (tertiary/aromatic N) is 1. The van der Waals surface area contributed by atoms with Gasteiger partial charge in [-0.3, -0.25) is 4.18 Å². The van der Waals surface area contributed by atoms with Crippen LogP contribution in [0.4, 0.5) is 4.79 Å². The van der Waals surface area contributed by atoms with Gasteiger partial charge in [0.1, 0.15) is 5.60 Å². The third-order valence-electron chi connectivity index (χ3n) is 2.91. The maximum Gasteiger partial charge on any atom is 0.426 e. The van der Waals surface area contributed by atoms with Gasteiger partial charge in [0.15, 0.2) is 0 Å². The summed E-state index contributed by atoms with van der Waals surface area (Å²) < 4.78 is 34.3. The van der Waals surface area contributed by atoms with Gasteiger partial charge in [0.25, 0.3) is 0 Å². The number of ether oxygens (including phenoxy) is 1. The summed E-state index contributed by atoms with van der Waals surface area (Å²) in [7, 11) is -4.06. The summed E-state index contributed by atoms with van der Waals surface area (Å²) in [6, 6.07) is 0. The first kappa shape index (κ1) is 15.2. The van der Waals surface area contributed by atoms with Gasteiger partial charge in [-0.25, -0.2) is 4.79 Å². The van der Waals surface area contributed by atoms with E-state index in [1.165, 1.54) is 0 Å². The molecule has 0 aromatic heterocycles. The molecule has 0 N–H and O–H groups in total. The molecule has 1 aliphatic rings. The van der Waals surface area contributed by atoms with Crippen LogP contribution >= 0.6 is 0 Å². The van der Waals surface area contributed by atoms with Crippen LogP contribution < -0.4 is 0 Å². The average Bonchev–Trinajstić information content (AvgIpc) is 2.12. The maximum atomic E-state index is 12.0. The van der Waals surface area contributed by atoms with Crippen LogP contribution in [-0.2, 0) is 19.2 Å². The molecule has 1 fully saturated rings. The Morgan fingerprint density at radius 1 is 1.44 bits per heavy atom. The average molecular weight is 279 g/mol. The minimum Gasteiger partial charge on any atom is -0.443 e. The van der Waals surface area contributed by atoms with Crippen molar-refractivity contribution in [3.63, 3.8) is 0 Å². The molecule has 18 heavy (non-hydrogen) atoms. The van der Waals surface area contributed by atoms with Gasteiger partial charge in [-0.05, 0) is 40.5 Å².